The van der Waals surface area contributed by atoms with E-state index in [4.69, 9.17) is 11.6 Å². The zero-order valence-electron chi connectivity index (χ0n) is 12.5. The van der Waals surface area contributed by atoms with Crippen molar-refractivity contribution in [3.8, 4) is 0 Å². The fourth-order valence-corrected chi connectivity index (χ4v) is 5.88. The highest BCUT2D eigenvalue weighted by Crippen LogP contribution is 2.31. The number of piperidine rings is 1. The Kier molecular flexibility index (Phi) is 6.08. The molecule has 0 saturated carbocycles. The average Bonchev–Trinajstić information content (AvgIpc) is 2.92. The van der Waals surface area contributed by atoms with Crippen molar-refractivity contribution in [2.45, 2.75) is 43.4 Å². The van der Waals surface area contributed by atoms with E-state index >= 15 is 0 Å². The van der Waals surface area contributed by atoms with E-state index in [1.54, 1.807) is 16.4 Å². The van der Waals surface area contributed by atoms with E-state index in [0.717, 1.165) is 37.1 Å². The largest absolute Gasteiger partial charge is 0.314 e. The van der Waals surface area contributed by atoms with Crippen LogP contribution in [-0.2, 0) is 10.0 Å². The van der Waals surface area contributed by atoms with E-state index in [1.165, 1.54) is 0 Å². The van der Waals surface area contributed by atoms with Crippen molar-refractivity contribution >= 4 is 33.0 Å². The van der Waals surface area contributed by atoms with E-state index in [0.29, 0.717) is 33.6 Å². The predicted octanol–water partition coefficient (Wildman–Crippen LogP) is 3.19. The quantitative estimate of drug-likeness (QED) is 0.857. The van der Waals surface area contributed by atoms with Gasteiger partial charge >= 0.3 is 0 Å². The first-order chi connectivity index (χ1) is 9.95. The summed E-state index contributed by atoms with van der Waals surface area (Å²) in [5.41, 5.74) is 0. The minimum Gasteiger partial charge on any atom is -0.314 e. The van der Waals surface area contributed by atoms with Crippen LogP contribution in [0.4, 0.5) is 0 Å². The summed E-state index contributed by atoms with van der Waals surface area (Å²) in [6.45, 7) is 6.46. The summed E-state index contributed by atoms with van der Waals surface area (Å²) in [7, 11) is -3.39. The average molecular weight is 351 g/mol. The minimum atomic E-state index is -3.39. The lowest BCUT2D eigenvalue weighted by Gasteiger charge is -2.35. The van der Waals surface area contributed by atoms with Crippen LogP contribution in [0.5, 0.6) is 0 Å². The Bertz CT molecular complexity index is 559. The molecule has 0 amide bonds. The van der Waals surface area contributed by atoms with Crippen molar-refractivity contribution in [2.24, 2.45) is 5.92 Å². The van der Waals surface area contributed by atoms with Gasteiger partial charge in [0.15, 0.2) is 0 Å². The van der Waals surface area contributed by atoms with Gasteiger partial charge in [0.1, 0.15) is 4.21 Å². The second-order valence-electron chi connectivity index (χ2n) is 5.57. The van der Waals surface area contributed by atoms with Crippen molar-refractivity contribution in [1.82, 2.24) is 9.62 Å². The maximum atomic E-state index is 12.6. The molecule has 2 atom stereocenters. The second kappa shape index (κ2) is 7.42. The summed E-state index contributed by atoms with van der Waals surface area (Å²) < 4.78 is 27.8. The Morgan fingerprint density at radius 1 is 1.52 bits per heavy atom. The topological polar surface area (TPSA) is 49.4 Å². The molecular formula is C14H23ClN2O2S2. The summed E-state index contributed by atoms with van der Waals surface area (Å²) in [6, 6.07) is 3.59. The Hall–Kier alpha value is -0.140. The number of hydrogen-bond acceptors (Lipinski definition) is 4. The van der Waals surface area contributed by atoms with Gasteiger partial charge in [-0.15, -0.1) is 11.3 Å². The summed E-state index contributed by atoms with van der Waals surface area (Å²) in [4.78, 5) is 0. The van der Waals surface area contributed by atoms with Gasteiger partial charge in [0, 0.05) is 19.1 Å². The van der Waals surface area contributed by atoms with Crippen LogP contribution in [0.25, 0.3) is 0 Å². The van der Waals surface area contributed by atoms with Gasteiger partial charge < -0.3 is 5.32 Å². The van der Waals surface area contributed by atoms with E-state index in [-0.39, 0.29) is 0 Å². The first kappa shape index (κ1) is 17.2. The SMILES string of the molecule is CCCNC(C)C1CCCN(S(=O)(=O)c2ccc(Cl)s2)C1. The lowest BCUT2D eigenvalue weighted by molar-refractivity contribution is 0.224. The number of rotatable bonds is 6. The van der Waals surface area contributed by atoms with Crippen LogP contribution in [0.3, 0.4) is 0 Å². The number of thiophene rings is 1. The molecule has 0 aromatic carbocycles. The highest BCUT2D eigenvalue weighted by molar-refractivity contribution is 7.91. The molecule has 0 spiro atoms. The molecule has 2 rings (SSSR count). The predicted molar refractivity (Wildman–Crippen MR) is 88.6 cm³/mol. The molecule has 1 fully saturated rings. The van der Waals surface area contributed by atoms with Gasteiger partial charge in [-0.25, -0.2) is 8.42 Å². The molecule has 1 aromatic heterocycles. The molecule has 7 heteroatoms. The van der Waals surface area contributed by atoms with Crippen LogP contribution in [0, 0.1) is 5.92 Å². The number of nitrogens with one attached hydrogen (secondary N) is 1. The lowest BCUT2D eigenvalue weighted by Crippen LogP contribution is -2.46. The first-order valence-corrected chi connectivity index (χ1v) is 10.1. The molecule has 0 bridgehead atoms. The maximum absolute atomic E-state index is 12.6. The molecule has 0 aliphatic carbocycles. The fourth-order valence-electron chi connectivity index (χ4n) is 2.70. The van der Waals surface area contributed by atoms with Crippen molar-refractivity contribution in [1.29, 1.82) is 0 Å². The molecule has 120 valence electrons. The van der Waals surface area contributed by atoms with E-state index < -0.39 is 10.0 Å². The van der Waals surface area contributed by atoms with Crippen molar-refractivity contribution in [3.63, 3.8) is 0 Å². The molecule has 2 unspecified atom stereocenters. The minimum absolute atomic E-state index is 0.342. The van der Waals surface area contributed by atoms with Crippen LogP contribution in [-0.4, -0.2) is 38.4 Å². The van der Waals surface area contributed by atoms with Crippen LogP contribution in [0.15, 0.2) is 16.3 Å². The Balaban J connectivity index is 2.06. The highest BCUT2D eigenvalue weighted by atomic mass is 35.5. The standard InChI is InChI=1S/C14H23ClN2O2S2/c1-3-8-16-11(2)12-5-4-9-17(10-12)21(18,19)14-7-6-13(15)20-14/h6-7,11-12,16H,3-5,8-10H2,1-2H3. The Morgan fingerprint density at radius 2 is 2.29 bits per heavy atom. The maximum Gasteiger partial charge on any atom is 0.252 e. The molecule has 1 aromatic rings. The van der Waals surface area contributed by atoms with Crippen molar-refractivity contribution in [2.75, 3.05) is 19.6 Å². The Labute approximate surface area is 136 Å². The molecule has 1 N–H and O–H groups in total. The van der Waals surface area contributed by atoms with Crippen LogP contribution < -0.4 is 5.32 Å². The summed E-state index contributed by atoms with van der Waals surface area (Å²) in [6.07, 6.45) is 3.09. The molecule has 4 nitrogen and oxygen atoms in total. The van der Waals surface area contributed by atoms with Crippen LogP contribution >= 0.6 is 22.9 Å². The van der Waals surface area contributed by atoms with Crippen LogP contribution in [0.2, 0.25) is 4.34 Å². The fraction of sp³-hybridized carbons (Fsp3) is 0.714. The number of nitrogens with zero attached hydrogens (tertiary/aromatic N) is 1. The molecular weight excluding hydrogens is 328 g/mol. The normalized spacial score (nSPS) is 22.3. The Morgan fingerprint density at radius 3 is 2.90 bits per heavy atom. The summed E-state index contributed by atoms with van der Waals surface area (Å²) >= 11 is 7.00. The van der Waals surface area contributed by atoms with Crippen molar-refractivity contribution < 1.29 is 8.42 Å². The highest BCUT2D eigenvalue weighted by Gasteiger charge is 2.33. The number of halogens is 1. The zero-order valence-corrected chi connectivity index (χ0v) is 14.9. The molecule has 21 heavy (non-hydrogen) atoms. The molecule has 2 heterocycles. The van der Waals surface area contributed by atoms with Gasteiger partial charge in [-0.05, 0) is 50.8 Å². The second-order valence-corrected chi connectivity index (χ2v) is 9.45. The van der Waals surface area contributed by atoms with E-state index in [1.807, 2.05) is 0 Å². The van der Waals surface area contributed by atoms with E-state index in [2.05, 4.69) is 19.2 Å². The zero-order chi connectivity index (χ0) is 15.5. The molecule has 0 radical (unpaired) electrons. The third-order valence-electron chi connectivity index (χ3n) is 3.99. The third-order valence-corrected chi connectivity index (χ3v) is 7.55. The third kappa shape index (κ3) is 4.20. The van der Waals surface area contributed by atoms with Gasteiger partial charge in [0.2, 0.25) is 0 Å². The smallest absolute Gasteiger partial charge is 0.252 e. The monoisotopic (exact) mass is 350 g/mol. The molecule has 1 aliphatic rings. The first-order valence-electron chi connectivity index (χ1n) is 7.44. The van der Waals surface area contributed by atoms with Gasteiger partial charge in [-0.1, -0.05) is 18.5 Å². The van der Waals surface area contributed by atoms with E-state index in [9.17, 15) is 8.42 Å². The molecule has 1 aliphatic heterocycles. The number of hydrogen-bond donors (Lipinski definition) is 1. The summed E-state index contributed by atoms with van der Waals surface area (Å²) in [5, 5.41) is 3.48. The van der Waals surface area contributed by atoms with Gasteiger partial charge in [-0.2, -0.15) is 4.31 Å². The van der Waals surface area contributed by atoms with Gasteiger partial charge in [0.25, 0.3) is 10.0 Å². The lowest BCUT2D eigenvalue weighted by atomic mass is 9.93. The van der Waals surface area contributed by atoms with Gasteiger partial charge in [-0.3, -0.25) is 0 Å². The van der Waals surface area contributed by atoms with Gasteiger partial charge in [0.05, 0.1) is 4.34 Å². The van der Waals surface area contributed by atoms with Crippen LogP contribution in [0.1, 0.15) is 33.1 Å². The van der Waals surface area contributed by atoms with Crippen molar-refractivity contribution in [3.05, 3.63) is 16.5 Å². The number of sulfonamides is 1. The molecule has 1 saturated heterocycles. The summed E-state index contributed by atoms with van der Waals surface area (Å²) in [5.74, 6) is 0.371.